The van der Waals surface area contributed by atoms with Crippen molar-refractivity contribution in [1.29, 1.82) is 0 Å². The van der Waals surface area contributed by atoms with E-state index in [0.717, 1.165) is 22.3 Å². The van der Waals surface area contributed by atoms with Crippen molar-refractivity contribution in [3.63, 3.8) is 0 Å². The van der Waals surface area contributed by atoms with Gasteiger partial charge in [-0.1, -0.05) is 243 Å². The number of ether oxygens (including phenoxy) is 6. The Labute approximate surface area is 861 Å². The molecular formula is C110H136N16O22. The van der Waals surface area contributed by atoms with Crippen LogP contribution in [0, 0.1) is 0 Å². The first-order valence-corrected chi connectivity index (χ1v) is 50.8. The second-order valence-corrected chi connectivity index (χ2v) is 36.4. The van der Waals surface area contributed by atoms with Crippen LogP contribution >= 0.6 is 0 Å². The maximum atomic E-state index is 15.9. The lowest BCUT2D eigenvalue weighted by Crippen LogP contribution is -2.61. The van der Waals surface area contributed by atoms with Crippen molar-refractivity contribution in [3.05, 3.63) is 287 Å². The summed E-state index contributed by atoms with van der Waals surface area (Å²) in [5, 5.41) is 39.3. The topological polar surface area (TPSA) is 503 Å². The Balaban J connectivity index is 0.955. The molecule has 3 aliphatic heterocycles. The Morgan fingerprint density at radius 1 is 0.223 bits per heavy atom. The van der Waals surface area contributed by atoms with Gasteiger partial charge in [0.15, 0.2) is 0 Å². The third-order valence-electron chi connectivity index (χ3n) is 25.2. The molecule has 788 valence electrons. The number of fused-ring (bicyclic) bond motifs is 2. The highest BCUT2D eigenvalue weighted by atomic mass is 16.6. The molecule has 0 aromatic heterocycles. The summed E-state index contributed by atoms with van der Waals surface area (Å²) in [6.45, 7) is -0.553. The average molecular weight is 2030 g/mol. The van der Waals surface area contributed by atoms with Crippen molar-refractivity contribution in [1.82, 2.24) is 84.2 Å². The predicted molar refractivity (Wildman–Crippen MR) is 547 cm³/mol. The van der Waals surface area contributed by atoms with E-state index < -0.39 is 156 Å². The monoisotopic (exact) mass is 2030 g/mol. The number of nitrogens with zero attached hydrogens (tertiary/aromatic N) is 2. The van der Waals surface area contributed by atoms with Gasteiger partial charge in [-0.05, 0) is 173 Å². The number of amides is 16. The van der Waals surface area contributed by atoms with Crippen LogP contribution in [0.5, 0.6) is 0 Å². The molecule has 0 saturated carbocycles. The molecule has 14 N–H and O–H groups in total. The first kappa shape index (κ1) is 112. The van der Waals surface area contributed by atoms with E-state index >= 15 is 47.9 Å². The Bertz CT molecular complexity index is 5210. The number of alkyl carbamates (subject to hydrolysis) is 6. The Morgan fingerprint density at radius 2 is 0.399 bits per heavy atom. The highest BCUT2D eigenvalue weighted by molar-refractivity contribution is 6.00. The van der Waals surface area contributed by atoms with E-state index in [-0.39, 0.29) is 233 Å². The van der Waals surface area contributed by atoms with Crippen molar-refractivity contribution >= 4 is 95.6 Å². The van der Waals surface area contributed by atoms with Crippen LogP contribution in [0.4, 0.5) is 28.8 Å². The number of nitrogens with one attached hydrogen (secondary N) is 14. The number of hydrogen-bond donors (Lipinski definition) is 14. The first-order chi connectivity index (χ1) is 72.0. The average Bonchev–Trinajstić information content (AvgIpc) is 1.62. The van der Waals surface area contributed by atoms with Gasteiger partial charge in [-0.2, -0.15) is 0 Å². The molecule has 10 atom stereocenters. The molecule has 3 aliphatic rings. The van der Waals surface area contributed by atoms with E-state index in [1.807, 2.05) is 24.3 Å². The molecule has 11 rings (SSSR count). The van der Waals surface area contributed by atoms with Crippen molar-refractivity contribution in [2.24, 2.45) is 0 Å². The third-order valence-corrected chi connectivity index (χ3v) is 25.2. The van der Waals surface area contributed by atoms with Crippen LogP contribution in [-0.4, -0.2) is 218 Å². The van der Waals surface area contributed by atoms with Crippen LogP contribution in [0.25, 0.3) is 0 Å². The zero-order chi connectivity index (χ0) is 105. The van der Waals surface area contributed by atoms with Crippen LogP contribution in [0.15, 0.2) is 243 Å². The highest BCUT2D eigenvalue weighted by Crippen LogP contribution is 2.25. The minimum absolute atomic E-state index is 0.0241. The summed E-state index contributed by atoms with van der Waals surface area (Å²) >= 11 is 0. The summed E-state index contributed by atoms with van der Waals surface area (Å²) in [7, 11) is 0. The van der Waals surface area contributed by atoms with Crippen molar-refractivity contribution in [3.8, 4) is 0 Å². The highest BCUT2D eigenvalue weighted by Gasteiger charge is 2.44. The van der Waals surface area contributed by atoms with Crippen molar-refractivity contribution in [2.75, 3.05) is 52.4 Å². The van der Waals surface area contributed by atoms with E-state index in [4.69, 9.17) is 28.4 Å². The van der Waals surface area contributed by atoms with E-state index in [1.54, 1.807) is 218 Å². The van der Waals surface area contributed by atoms with Gasteiger partial charge in [0.05, 0.1) is 0 Å². The zero-order valence-corrected chi connectivity index (χ0v) is 83.2. The second-order valence-electron chi connectivity index (χ2n) is 36.4. The number of benzene rings is 8. The standard InChI is InChI=1S/C110H136N16O22/c127-95-87(55-27-31-63-113-107(139)145-73-81-45-17-5-18-46-81)121-101(133)93-59-35-67-125(93)103(135)91(69-77-37-9-1-10-38-77)123-99(131)85(53-25-29-61-111-105(137)143-71-79-41-13-3-14-42-79)117-97(129)89(57-33-65-115-109(141)147-75-83-49-21-7-22-50-83)119-96(128)88(56-28-32-64-114-108(140)146-74-82-47-19-6-20-48-82)122-102(134)94-60-36-68-126(94)104(136)92(70-78-39-11-2-12-40-78)124-100(132)86(54-26-30-62-112-106(138)144-72-80-43-15-4-16-44-80)118-98(130)90(120-95)58-34-66-116-110(142)148-76-84-51-23-8-24-52-84/h1-24,37-52,85-94H,25-36,53-76H2,(H,111,137)(H,112,138)(H,113,139)(H,114,140)(H,115,141)(H,116,142)(H,117,129)(H,118,130)(H,119,128)(H,120,127)(H,121,133)(H,122,134)(H,123,131)(H,124,132)/t85-,86-,87-,88-,89-,90-,91-,92+,93-,94-/m0/s1. The smallest absolute Gasteiger partial charge is 0.407 e. The van der Waals surface area contributed by atoms with Crippen LogP contribution < -0.4 is 74.4 Å². The van der Waals surface area contributed by atoms with E-state index in [0.29, 0.717) is 22.3 Å². The predicted octanol–water partition coefficient (Wildman–Crippen LogP) is 10.1. The lowest BCUT2D eigenvalue weighted by molar-refractivity contribution is -0.143. The molecule has 38 nitrogen and oxygen atoms in total. The molecule has 148 heavy (non-hydrogen) atoms. The molecule has 3 heterocycles. The molecule has 0 aliphatic carbocycles. The molecule has 16 amide bonds. The SMILES string of the molecule is O=C(NCCCC[C@@H]1NC(=O)[C@H](CCCNC(=O)OCc2ccccc2)NC(=O)[C@H](CCCCNC(=O)OCc2ccccc2)NC(=O)[C@@H]2CCCN2C(=O)[C@@H](Cc2ccccc2)NC(=O)[C@H](CCCCNC(=O)OCc2ccccc2)NC(=O)[C@H](CCCNC(=O)OCc2ccccc2)NC(=O)[C@H](CCCCNC(=O)OCc2ccccc2)NC(=O)[C@@H]2CCCN2C(=O)[C@H](Cc2ccccc2)NC1=O)OCc1ccccc1. The summed E-state index contributed by atoms with van der Waals surface area (Å²) in [5.41, 5.74) is 5.43. The minimum atomic E-state index is -1.60. The molecule has 3 fully saturated rings. The molecule has 0 bridgehead atoms. The molecule has 3 saturated heterocycles. The van der Waals surface area contributed by atoms with Crippen LogP contribution in [0.3, 0.4) is 0 Å². The molecule has 0 radical (unpaired) electrons. The summed E-state index contributed by atoms with van der Waals surface area (Å²) in [4.78, 5) is 239. The second kappa shape index (κ2) is 62.7. The summed E-state index contributed by atoms with van der Waals surface area (Å²) in [6.07, 6.45) is -4.39. The molecule has 0 spiro atoms. The van der Waals surface area contributed by atoms with Gasteiger partial charge >= 0.3 is 36.6 Å². The third kappa shape index (κ3) is 40.2. The number of unbranched alkanes of at least 4 members (excludes halogenated alkanes) is 4. The Morgan fingerprint density at radius 3 is 0.608 bits per heavy atom. The van der Waals surface area contributed by atoms with Gasteiger partial charge in [0.1, 0.15) is 100 Å². The number of carbonyl (C=O) groups is 16. The lowest BCUT2D eigenvalue weighted by Gasteiger charge is -2.32. The number of hydrogen-bond acceptors (Lipinski definition) is 22. The minimum Gasteiger partial charge on any atom is -0.445 e. The fourth-order valence-electron chi connectivity index (χ4n) is 17.2. The fourth-order valence-corrected chi connectivity index (χ4v) is 17.2. The summed E-state index contributed by atoms with van der Waals surface area (Å²) in [5.74, 6) is -8.69. The maximum absolute atomic E-state index is 15.9. The normalized spacial score (nSPS) is 19.2. The van der Waals surface area contributed by atoms with Gasteiger partial charge in [0.25, 0.3) is 0 Å². The van der Waals surface area contributed by atoms with Crippen molar-refractivity contribution < 1.29 is 105 Å². The van der Waals surface area contributed by atoms with Crippen LogP contribution in [-0.2, 0) is 129 Å². The quantitative estimate of drug-likeness (QED) is 0.0125. The molecule has 38 heteroatoms. The van der Waals surface area contributed by atoms with Gasteiger partial charge in [0, 0.05) is 65.2 Å². The van der Waals surface area contributed by atoms with Gasteiger partial charge in [-0.3, -0.25) is 47.9 Å². The number of rotatable bonds is 44. The van der Waals surface area contributed by atoms with Crippen LogP contribution in [0.1, 0.15) is 173 Å². The summed E-state index contributed by atoms with van der Waals surface area (Å²) < 4.78 is 32.9. The summed E-state index contributed by atoms with van der Waals surface area (Å²) in [6, 6.07) is 56.0. The van der Waals surface area contributed by atoms with Crippen LogP contribution in [0.2, 0.25) is 0 Å². The fraction of sp³-hybridized carbons (Fsp3) is 0.418. The van der Waals surface area contributed by atoms with Gasteiger partial charge in [-0.15, -0.1) is 0 Å². The largest absolute Gasteiger partial charge is 0.445 e. The molecule has 8 aromatic carbocycles. The molecular weight excluding hydrogens is 1900 g/mol. The van der Waals surface area contributed by atoms with E-state index in [1.165, 1.54) is 9.80 Å². The molecule has 0 unspecified atom stereocenters. The van der Waals surface area contributed by atoms with Gasteiger partial charge in [0.2, 0.25) is 59.1 Å². The Hall–Kier alpha value is -15.9. The van der Waals surface area contributed by atoms with Gasteiger partial charge in [-0.25, -0.2) is 28.8 Å². The first-order valence-electron chi connectivity index (χ1n) is 50.8. The van der Waals surface area contributed by atoms with Gasteiger partial charge < -0.3 is 113 Å². The van der Waals surface area contributed by atoms with E-state index in [9.17, 15) is 28.8 Å². The van der Waals surface area contributed by atoms with Crippen molar-refractivity contribution in [2.45, 2.75) is 241 Å². The zero-order valence-electron chi connectivity index (χ0n) is 83.2. The van der Waals surface area contributed by atoms with E-state index in [2.05, 4.69) is 74.4 Å². The lowest BCUT2D eigenvalue weighted by atomic mass is 10.0. The molecule has 8 aromatic rings. The number of carbonyl (C=O) groups excluding carboxylic acids is 16. The Kier molecular flexibility index (Phi) is 47.6. The maximum Gasteiger partial charge on any atom is 0.407 e.